The van der Waals surface area contributed by atoms with E-state index in [4.69, 9.17) is 10.5 Å². The maximum absolute atomic E-state index is 12.1. The number of nitrogens with two attached hydrogens (primary N) is 1. The van der Waals surface area contributed by atoms with Gasteiger partial charge in [-0.2, -0.15) is 5.10 Å². The van der Waals surface area contributed by atoms with Crippen molar-refractivity contribution in [2.45, 2.75) is 0 Å². The largest absolute Gasteiger partial charge is 0.423 e. The lowest BCUT2D eigenvalue weighted by atomic mass is 10.2. The van der Waals surface area contributed by atoms with E-state index in [2.05, 4.69) is 15.8 Å². The van der Waals surface area contributed by atoms with Crippen LogP contribution in [0.3, 0.4) is 0 Å². The highest BCUT2D eigenvalue weighted by Gasteiger charge is 2.14. The number of carbonyl (C=O) groups excluding carboxylic acids is 4. The number of ether oxygens (including phenoxy) is 1. The third kappa shape index (κ3) is 6.79. The van der Waals surface area contributed by atoms with Gasteiger partial charge in [0, 0.05) is 23.4 Å². The lowest BCUT2D eigenvalue weighted by Gasteiger charge is -2.05. The van der Waals surface area contributed by atoms with E-state index >= 15 is 0 Å². The maximum Gasteiger partial charge on any atom is 0.343 e. The number of esters is 1. The van der Waals surface area contributed by atoms with Gasteiger partial charge < -0.3 is 15.8 Å². The highest BCUT2D eigenvalue weighted by molar-refractivity contribution is 6.39. The quantitative estimate of drug-likeness (QED) is 0.116. The number of carbonyl (C=O) groups is 4. The second-order valence-electron chi connectivity index (χ2n) is 6.86. The predicted molar refractivity (Wildman–Crippen MR) is 124 cm³/mol. The number of primary amides is 1. The van der Waals surface area contributed by atoms with Gasteiger partial charge in [-0.15, -0.1) is 0 Å². The number of nitro groups is 1. The van der Waals surface area contributed by atoms with Crippen LogP contribution in [-0.4, -0.2) is 34.8 Å². The molecule has 0 radical (unpaired) electrons. The Kier molecular flexibility index (Phi) is 7.60. The van der Waals surface area contributed by atoms with Gasteiger partial charge in [-0.3, -0.25) is 24.5 Å². The molecule has 0 aliphatic carbocycles. The molecule has 176 valence electrons. The van der Waals surface area contributed by atoms with Gasteiger partial charge in [0.15, 0.2) is 0 Å². The Morgan fingerprint density at radius 1 is 0.857 bits per heavy atom. The lowest BCUT2D eigenvalue weighted by molar-refractivity contribution is -0.384. The molecule has 0 aromatic heterocycles. The molecule has 0 saturated heterocycles. The van der Waals surface area contributed by atoms with Gasteiger partial charge in [0.2, 0.25) is 5.91 Å². The monoisotopic (exact) mass is 475 g/mol. The van der Waals surface area contributed by atoms with E-state index in [0.717, 1.165) is 0 Å². The van der Waals surface area contributed by atoms with Crippen molar-refractivity contribution in [2.24, 2.45) is 10.8 Å². The smallest absolute Gasteiger partial charge is 0.343 e. The number of hydrogen-bond acceptors (Lipinski definition) is 8. The van der Waals surface area contributed by atoms with Crippen LogP contribution < -0.4 is 21.2 Å². The first-order valence-electron chi connectivity index (χ1n) is 9.84. The van der Waals surface area contributed by atoms with Gasteiger partial charge in [-0.1, -0.05) is 0 Å². The SMILES string of the molecule is NC(=O)c1ccc(NC(=O)C(=O)NN=Cc2ccc(OC(=O)c3ccc([N+](=O)[O-])cc3)cc2)cc1. The molecular weight excluding hydrogens is 458 g/mol. The Hall–Kier alpha value is -5.39. The van der Waals surface area contributed by atoms with Crippen molar-refractivity contribution < 1.29 is 28.8 Å². The summed E-state index contributed by atoms with van der Waals surface area (Å²) in [4.78, 5) is 57.1. The summed E-state index contributed by atoms with van der Waals surface area (Å²) in [5, 5.41) is 16.7. The fourth-order valence-corrected chi connectivity index (χ4v) is 2.63. The number of non-ortho nitro benzene ring substituents is 1. The molecule has 12 nitrogen and oxygen atoms in total. The minimum atomic E-state index is -1.02. The fraction of sp³-hybridized carbons (Fsp3) is 0. The number of hydrogen-bond donors (Lipinski definition) is 3. The van der Waals surface area contributed by atoms with Crippen LogP contribution in [-0.2, 0) is 9.59 Å². The molecule has 0 aliphatic rings. The molecule has 3 aromatic rings. The standard InChI is InChI=1S/C23H17N5O7/c24-20(29)15-3-7-17(8-4-15)26-21(30)22(31)27-25-13-14-1-11-19(12-2-14)35-23(32)16-5-9-18(10-6-16)28(33)34/h1-13H,(H2,24,29)(H,26,30)(H,27,31). The molecule has 0 fully saturated rings. The van der Waals surface area contributed by atoms with Crippen LogP contribution in [0.25, 0.3) is 0 Å². The second kappa shape index (κ2) is 11.0. The minimum Gasteiger partial charge on any atom is -0.423 e. The molecule has 3 aromatic carbocycles. The van der Waals surface area contributed by atoms with Crippen LogP contribution in [0.2, 0.25) is 0 Å². The normalized spacial score (nSPS) is 10.4. The molecule has 0 bridgehead atoms. The third-order valence-corrected chi connectivity index (χ3v) is 4.42. The summed E-state index contributed by atoms with van der Waals surface area (Å²) in [5.41, 5.74) is 8.28. The molecule has 3 amide bonds. The van der Waals surface area contributed by atoms with E-state index < -0.39 is 28.6 Å². The number of hydrazone groups is 1. The van der Waals surface area contributed by atoms with Crippen molar-refractivity contribution in [3.05, 3.63) is 99.6 Å². The van der Waals surface area contributed by atoms with Crippen molar-refractivity contribution in [1.82, 2.24) is 5.43 Å². The summed E-state index contributed by atoms with van der Waals surface area (Å²) in [6, 6.07) is 16.7. The van der Waals surface area contributed by atoms with Gasteiger partial charge in [0.1, 0.15) is 5.75 Å². The van der Waals surface area contributed by atoms with Crippen molar-refractivity contribution in [3.8, 4) is 5.75 Å². The van der Waals surface area contributed by atoms with Crippen molar-refractivity contribution >= 4 is 41.3 Å². The average Bonchev–Trinajstić information content (AvgIpc) is 2.85. The number of amides is 3. The van der Waals surface area contributed by atoms with Crippen molar-refractivity contribution in [1.29, 1.82) is 0 Å². The zero-order chi connectivity index (χ0) is 25.4. The Bertz CT molecular complexity index is 1300. The summed E-state index contributed by atoms with van der Waals surface area (Å²) in [6.45, 7) is 0. The summed E-state index contributed by atoms with van der Waals surface area (Å²) >= 11 is 0. The summed E-state index contributed by atoms with van der Waals surface area (Å²) < 4.78 is 5.21. The molecule has 0 saturated carbocycles. The summed E-state index contributed by atoms with van der Waals surface area (Å²) in [6.07, 6.45) is 1.27. The van der Waals surface area contributed by atoms with Gasteiger partial charge in [0.25, 0.3) is 5.69 Å². The average molecular weight is 475 g/mol. The number of benzene rings is 3. The molecule has 0 unspecified atom stereocenters. The number of nitro benzene ring substituents is 1. The van der Waals surface area contributed by atoms with Gasteiger partial charge in [-0.25, -0.2) is 10.2 Å². The fourth-order valence-electron chi connectivity index (χ4n) is 2.63. The van der Waals surface area contributed by atoms with Gasteiger partial charge in [-0.05, 0) is 66.2 Å². The Labute approximate surface area is 197 Å². The van der Waals surface area contributed by atoms with E-state index in [9.17, 15) is 29.3 Å². The van der Waals surface area contributed by atoms with Crippen LogP contribution >= 0.6 is 0 Å². The molecule has 12 heteroatoms. The van der Waals surface area contributed by atoms with E-state index in [1.54, 1.807) is 12.1 Å². The predicted octanol–water partition coefficient (Wildman–Crippen LogP) is 2.00. The number of nitrogens with zero attached hydrogens (tertiary/aromatic N) is 2. The molecule has 0 heterocycles. The topological polar surface area (TPSA) is 183 Å². The van der Waals surface area contributed by atoms with E-state index in [1.165, 1.54) is 66.9 Å². The number of rotatable bonds is 7. The number of anilines is 1. The molecule has 35 heavy (non-hydrogen) atoms. The molecule has 0 spiro atoms. The Morgan fingerprint density at radius 2 is 1.46 bits per heavy atom. The first-order chi connectivity index (χ1) is 16.7. The highest BCUT2D eigenvalue weighted by atomic mass is 16.6. The molecule has 0 aliphatic heterocycles. The zero-order valence-electron chi connectivity index (χ0n) is 17.8. The van der Waals surface area contributed by atoms with Crippen molar-refractivity contribution in [2.75, 3.05) is 5.32 Å². The number of nitrogens with one attached hydrogen (secondary N) is 2. The van der Waals surface area contributed by atoms with Crippen molar-refractivity contribution in [3.63, 3.8) is 0 Å². The Morgan fingerprint density at radius 3 is 2.03 bits per heavy atom. The molecule has 3 rings (SSSR count). The second-order valence-corrected chi connectivity index (χ2v) is 6.86. The van der Waals surface area contributed by atoms with Crippen LogP contribution in [0, 0.1) is 10.1 Å². The molecular formula is C23H17N5O7. The van der Waals surface area contributed by atoms with E-state index in [-0.39, 0.29) is 28.3 Å². The van der Waals surface area contributed by atoms with Gasteiger partial charge in [0.05, 0.1) is 16.7 Å². The Balaban J connectivity index is 1.50. The molecule has 4 N–H and O–H groups in total. The van der Waals surface area contributed by atoms with Crippen LogP contribution in [0.5, 0.6) is 5.75 Å². The minimum absolute atomic E-state index is 0.144. The van der Waals surface area contributed by atoms with Crippen LogP contribution in [0.15, 0.2) is 77.9 Å². The van der Waals surface area contributed by atoms with Crippen LogP contribution in [0.4, 0.5) is 11.4 Å². The van der Waals surface area contributed by atoms with Crippen LogP contribution in [0.1, 0.15) is 26.3 Å². The van der Waals surface area contributed by atoms with Gasteiger partial charge >= 0.3 is 17.8 Å². The molecule has 0 atom stereocenters. The highest BCUT2D eigenvalue weighted by Crippen LogP contribution is 2.16. The third-order valence-electron chi connectivity index (χ3n) is 4.42. The zero-order valence-corrected chi connectivity index (χ0v) is 17.8. The summed E-state index contributed by atoms with van der Waals surface area (Å²) in [5.74, 6) is -3.08. The summed E-state index contributed by atoms with van der Waals surface area (Å²) in [7, 11) is 0. The van der Waals surface area contributed by atoms with E-state index in [0.29, 0.717) is 5.56 Å². The first kappa shape index (κ1) is 24.3. The lowest BCUT2D eigenvalue weighted by Crippen LogP contribution is -2.32. The first-order valence-corrected chi connectivity index (χ1v) is 9.84. The maximum atomic E-state index is 12.1. The van der Waals surface area contributed by atoms with E-state index in [1.807, 2.05) is 0 Å².